The third kappa shape index (κ3) is 2.74. The van der Waals surface area contributed by atoms with Crippen molar-refractivity contribution in [2.24, 2.45) is 46.8 Å². The molecule has 0 radical (unpaired) electrons. The van der Waals surface area contributed by atoms with E-state index in [4.69, 9.17) is 0 Å². The highest BCUT2D eigenvalue weighted by atomic mass is 16.3. The fourth-order valence-electron chi connectivity index (χ4n) is 8.18. The van der Waals surface area contributed by atoms with Gasteiger partial charge in [0.1, 0.15) is 0 Å². The van der Waals surface area contributed by atoms with E-state index in [0.29, 0.717) is 11.3 Å². The number of aliphatic hydroxyl groups excluding tert-OH is 1. The molecule has 0 heterocycles. The molecular formula is C23H38O2. The van der Waals surface area contributed by atoms with Gasteiger partial charge in [0.15, 0.2) is 0 Å². The molecule has 0 aromatic heterocycles. The Balaban J connectivity index is 1.58. The summed E-state index contributed by atoms with van der Waals surface area (Å²) in [6.07, 6.45) is 9.87. The minimum absolute atomic E-state index is 0.164. The largest absolute Gasteiger partial charge is 0.392 e. The van der Waals surface area contributed by atoms with Crippen LogP contribution < -0.4 is 0 Å². The molecule has 0 aliphatic heterocycles. The average molecular weight is 347 g/mol. The second-order valence-corrected chi connectivity index (χ2v) is 10.7. The van der Waals surface area contributed by atoms with Crippen LogP contribution in [-0.4, -0.2) is 22.4 Å². The van der Waals surface area contributed by atoms with E-state index in [-0.39, 0.29) is 6.61 Å². The van der Waals surface area contributed by atoms with Crippen LogP contribution in [0.3, 0.4) is 0 Å². The van der Waals surface area contributed by atoms with Crippen LogP contribution >= 0.6 is 0 Å². The minimum atomic E-state index is -0.428. The SMILES string of the molecule is C=C(CO)[C@H]1CC[C@H]2[C@@H]3C[C@@H](C)[C@H]4C[C@@](C)(O)CC[C@@H]4[C@H]3CC[C@]12C. The van der Waals surface area contributed by atoms with E-state index >= 15 is 0 Å². The van der Waals surface area contributed by atoms with E-state index in [1.165, 1.54) is 38.5 Å². The van der Waals surface area contributed by atoms with Gasteiger partial charge >= 0.3 is 0 Å². The van der Waals surface area contributed by atoms with Crippen LogP contribution in [0.1, 0.15) is 72.1 Å². The van der Waals surface area contributed by atoms with Crippen LogP contribution in [0, 0.1) is 46.8 Å². The highest BCUT2D eigenvalue weighted by molar-refractivity contribution is 5.16. The van der Waals surface area contributed by atoms with Gasteiger partial charge in [-0.2, -0.15) is 0 Å². The van der Waals surface area contributed by atoms with E-state index in [1.54, 1.807) is 0 Å². The molecule has 4 fully saturated rings. The topological polar surface area (TPSA) is 40.5 Å². The first kappa shape index (κ1) is 18.0. The van der Waals surface area contributed by atoms with Gasteiger partial charge < -0.3 is 10.2 Å². The molecule has 4 aliphatic carbocycles. The standard InChI is InChI=1S/C23H38O2/c1-14-11-18-16(17-7-9-22(3,25)12-19(14)17)8-10-23(4)20(15(2)13-24)5-6-21(18)23/h14,16-21,24-25H,2,5-13H2,1,3-4H3/t14-,16-,17-,18-,19-,20-,21+,22+,23-/m1/s1. The molecule has 2 heteroatoms. The Morgan fingerprint density at radius 1 is 1.00 bits per heavy atom. The molecular weight excluding hydrogens is 308 g/mol. The predicted molar refractivity (Wildman–Crippen MR) is 102 cm³/mol. The van der Waals surface area contributed by atoms with Gasteiger partial charge in [-0.3, -0.25) is 0 Å². The zero-order valence-corrected chi connectivity index (χ0v) is 16.5. The average Bonchev–Trinajstić information content (AvgIpc) is 2.91. The molecule has 0 spiro atoms. The molecule has 9 atom stereocenters. The fourth-order valence-corrected chi connectivity index (χ4v) is 8.18. The highest BCUT2D eigenvalue weighted by Crippen LogP contribution is 2.66. The van der Waals surface area contributed by atoms with Gasteiger partial charge in [-0.05, 0) is 111 Å². The normalized spacial score (nSPS) is 55.2. The predicted octanol–water partition coefficient (Wildman–Crippen LogP) is 4.80. The molecule has 2 N–H and O–H groups in total. The number of aliphatic hydroxyl groups is 2. The molecule has 4 saturated carbocycles. The van der Waals surface area contributed by atoms with Crippen molar-refractivity contribution in [1.29, 1.82) is 0 Å². The summed E-state index contributed by atoms with van der Waals surface area (Å²) in [4.78, 5) is 0. The maximum Gasteiger partial charge on any atom is 0.0642 e. The molecule has 4 aliphatic rings. The van der Waals surface area contributed by atoms with Crippen LogP contribution in [0.4, 0.5) is 0 Å². The Bertz CT molecular complexity index is 538. The Kier molecular flexibility index (Phi) is 4.40. The van der Waals surface area contributed by atoms with Crippen LogP contribution in [-0.2, 0) is 0 Å². The van der Waals surface area contributed by atoms with Crippen LogP contribution in [0.5, 0.6) is 0 Å². The Morgan fingerprint density at radius 2 is 1.68 bits per heavy atom. The van der Waals surface area contributed by atoms with Crippen molar-refractivity contribution in [3.8, 4) is 0 Å². The summed E-state index contributed by atoms with van der Waals surface area (Å²) in [6.45, 7) is 11.4. The lowest BCUT2D eigenvalue weighted by atomic mass is 9.47. The maximum absolute atomic E-state index is 10.6. The first-order valence-corrected chi connectivity index (χ1v) is 10.8. The zero-order chi connectivity index (χ0) is 18.0. The molecule has 2 nitrogen and oxygen atoms in total. The van der Waals surface area contributed by atoms with E-state index in [9.17, 15) is 10.2 Å². The number of hydrogen-bond donors (Lipinski definition) is 2. The Hall–Kier alpha value is -0.340. The number of fused-ring (bicyclic) bond motifs is 5. The van der Waals surface area contributed by atoms with Crippen LogP contribution in [0.25, 0.3) is 0 Å². The van der Waals surface area contributed by atoms with Crippen molar-refractivity contribution in [2.45, 2.75) is 77.7 Å². The minimum Gasteiger partial charge on any atom is -0.392 e. The van der Waals surface area contributed by atoms with Crippen LogP contribution in [0.2, 0.25) is 0 Å². The quantitative estimate of drug-likeness (QED) is 0.705. The Labute approximate surface area is 154 Å². The van der Waals surface area contributed by atoms with Gasteiger partial charge in [-0.1, -0.05) is 20.4 Å². The lowest BCUT2D eigenvalue weighted by Crippen LogP contribution is -2.52. The summed E-state index contributed by atoms with van der Waals surface area (Å²) in [5, 5.41) is 20.3. The maximum atomic E-state index is 10.6. The van der Waals surface area contributed by atoms with Crippen molar-refractivity contribution in [1.82, 2.24) is 0 Å². The fraction of sp³-hybridized carbons (Fsp3) is 0.913. The molecule has 0 aromatic carbocycles. The molecule has 0 saturated heterocycles. The molecule has 25 heavy (non-hydrogen) atoms. The summed E-state index contributed by atoms with van der Waals surface area (Å²) in [7, 11) is 0. The van der Waals surface area contributed by atoms with Gasteiger partial charge in [-0.15, -0.1) is 0 Å². The lowest BCUT2D eigenvalue weighted by Gasteiger charge is -2.59. The third-order valence-electron chi connectivity index (χ3n) is 9.35. The second-order valence-electron chi connectivity index (χ2n) is 10.7. The van der Waals surface area contributed by atoms with Crippen LogP contribution in [0.15, 0.2) is 12.2 Å². The van der Waals surface area contributed by atoms with E-state index in [1.807, 2.05) is 0 Å². The van der Waals surface area contributed by atoms with Crippen molar-refractivity contribution in [3.63, 3.8) is 0 Å². The monoisotopic (exact) mass is 346 g/mol. The molecule has 142 valence electrons. The number of rotatable bonds is 2. The first-order valence-electron chi connectivity index (χ1n) is 10.8. The molecule has 0 bridgehead atoms. The second kappa shape index (κ2) is 6.09. The van der Waals surface area contributed by atoms with E-state index < -0.39 is 5.60 Å². The zero-order valence-electron chi connectivity index (χ0n) is 16.5. The lowest BCUT2D eigenvalue weighted by molar-refractivity contribution is -0.117. The van der Waals surface area contributed by atoms with Crippen molar-refractivity contribution in [3.05, 3.63) is 12.2 Å². The smallest absolute Gasteiger partial charge is 0.0642 e. The summed E-state index contributed by atoms with van der Waals surface area (Å²) in [6, 6.07) is 0. The van der Waals surface area contributed by atoms with Gasteiger partial charge in [-0.25, -0.2) is 0 Å². The summed E-state index contributed by atoms with van der Waals surface area (Å²) < 4.78 is 0. The van der Waals surface area contributed by atoms with E-state index in [0.717, 1.165) is 53.9 Å². The van der Waals surface area contributed by atoms with Crippen molar-refractivity contribution in [2.75, 3.05) is 6.61 Å². The Morgan fingerprint density at radius 3 is 2.40 bits per heavy atom. The first-order chi connectivity index (χ1) is 11.8. The van der Waals surface area contributed by atoms with Gasteiger partial charge in [0.2, 0.25) is 0 Å². The molecule has 0 unspecified atom stereocenters. The van der Waals surface area contributed by atoms with Crippen molar-refractivity contribution >= 4 is 0 Å². The summed E-state index contributed by atoms with van der Waals surface area (Å²) in [5.41, 5.74) is 1.02. The van der Waals surface area contributed by atoms with Gasteiger partial charge in [0.25, 0.3) is 0 Å². The highest BCUT2D eigenvalue weighted by Gasteiger charge is 2.58. The third-order valence-corrected chi connectivity index (χ3v) is 9.35. The molecule has 0 aromatic rings. The van der Waals surface area contributed by atoms with Gasteiger partial charge in [0.05, 0.1) is 12.2 Å². The van der Waals surface area contributed by atoms with E-state index in [2.05, 4.69) is 27.4 Å². The van der Waals surface area contributed by atoms with Gasteiger partial charge in [0, 0.05) is 0 Å². The summed E-state index contributed by atoms with van der Waals surface area (Å²) >= 11 is 0. The van der Waals surface area contributed by atoms with Crippen molar-refractivity contribution < 1.29 is 10.2 Å². The molecule has 4 rings (SSSR count). The number of hydrogen-bond acceptors (Lipinski definition) is 2. The summed E-state index contributed by atoms with van der Waals surface area (Å²) in [5.74, 6) is 5.44. The molecule has 0 amide bonds.